The predicted molar refractivity (Wildman–Crippen MR) is 102 cm³/mol. The molecule has 1 aromatic carbocycles. The molecule has 1 aliphatic carbocycles. The molecule has 25 heavy (non-hydrogen) atoms. The molecule has 2 N–H and O–H groups in total. The van der Waals surface area contributed by atoms with Crippen LogP contribution in [0.2, 0.25) is 0 Å². The first-order valence-corrected chi connectivity index (χ1v) is 9.57. The summed E-state index contributed by atoms with van der Waals surface area (Å²) in [6.45, 7) is 2.79. The van der Waals surface area contributed by atoms with Gasteiger partial charge in [-0.25, -0.2) is 9.67 Å². The summed E-state index contributed by atoms with van der Waals surface area (Å²) in [4.78, 5) is 8.88. The number of nitrogens with one attached hydrogen (secondary N) is 2. The van der Waals surface area contributed by atoms with Crippen molar-refractivity contribution in [1.82, 2.24) is 25.4 Å². The molecule has 2 heterocycles. The second-order valence-electron chi connectivity index (χ2n) is 6.85. The highest BCUT2D eigenvalue weighted by Gasteiger charge is 2.39. The molecule has 4 rings (SSSR count). The average molecular weight is 403 g/mol. The Kier molecular flexibility index (Phi) is 4.50. The number of hydrogen-bond donors (Lipinski definition) is 2. The predicted octanol–water partition coefficient (Wildman–Crippen LogP) is 2.38. The third kappa shape index (κ3) is 3.71. The maximum atomic E-state index is 4.47. The Morgan fingerprint density at radius 1 is 1.28 bits per heavy atom. The Bertz CT molecular complexity index is 781. The van der Waals surface area contributed by atoms with Gasteiger partial charge in [-0.2, -0.15) is 5.10 Å². The largest absolute Gasteiger partial charge is 0.353 e. The number of nitrogens with zero attached hydrogens (tertiary/aromatic N) is 4. The lowest BCUT2D eigenvalue weighted by molar-refractivity contribution is 0.392. The first-order chi connectivity index (χ1) is 12.1. The van der Waals surface area contributed by atoms with Gasteiger partial charge in [0.1, 0.15) is 11.6 Å². The van der Waals surface area contributed by atoms with E-state index in [-0.39, 0.29) is 0 Å². The minimum absolute atomic E-state index is 0.338. The molecule has 2 aliphatic rings. The molecule has 0 amide bonds. The molecule has 7 heteroatoms. The van der Waals surface area contributed by atoms with Crippen LogP contribution in [0.4, 0.5) is 0 Å². The van der Waals surface area contributed by atoms with Gasteiger partial charge in [0.2, 0.25) is 0 Å². The Morgan fingerprint density at radius 3 is 2.84 bits per heavy atom. The lowest BCUT2D eigenvalue weighted by Crippen LogP contribution is -2.47. The highest BCUT2D eigenvalue weighted by atomic mass is 79.9. The minimum atomic E-state index is 0.338. The van der Waals surface area contributed by atoms with E-state index >= 15 is 0 Å². The summed E-state index contributed by atoms with van der Waals surface area (Å²) in [5, 5.41) is 11.6. The van der Waals surface area contributed by atoms with E-state index < -0.39 is 0 Å². The number of guanidine groups is 1. The van der Waals surface area contributed by atoms with Crippen molar-refractivity contribution in [3.63, 3.8) is 0 Å². The minimum Gasteiger partial charge on any atom is -0.353 e. The third-order valence-electron chi connectivity index (χ3n) is 4.94. The molecule has 0 saturated heterocycles. The Hall–Kier alpha value is -1.89. The SMILES string of the molecule is CN=C(NC1CCc2nc(C)nn2C1)NC1CC1c1ccc(Br)cc1. The molecule has 3 unspecified atom stereocenters. The van der Waals surface area contributed by atoms with E-state index in [9.17, 15) is 0 Å². The average Bonchev–Trinajstić information content (AvgIpc) is 3.26. The number of aromatic nitrogens is 3. The van der Waals surface area contributed by atoms with Crippen molar-refractivity contribution >= 4 is 21.9 Å². The second kappa shape index (κ2) is 6.78. The van der Waals surface area contributed by atoms with E-state index in [0.29, 0.717) is 18.0 Å². The van der Waals surface area contributed by atoms with Crippen LogP contribution in [0.25, 0.3) is 0 Å². The van der Waals surface area contributed by atoms with Crippen molar-refractivity contribution in [2.24, 2.45) is 4.99 Å². The lowest BCUT2D eigenvalue weighted by Gasteiger charge is -2.25. The second-order valence-corrected chi connectivity index (χ2v) is 7.77. The van der Waals surface area contributed by atoms with Gasteiger partial charge >= 0.3 is 0 Å². The maximum Gasteiger partial charge on any atom is 0.191 e. The number of aliphatic imine (C=N–C) groups is 1. The zero-order valence-electron chi connectivity index (χ0n) is 14.5. The molecular weight excluding hydrogens is 380 g/mol. The van der Waals surface area contributed by atoms with Gasteiger partial charge in [0.15, 0.2) is 5.96 Å². The van der Waals surface area contributed by atoms with Crippen molar-refractivity contribution in [3.8, 4) is 0 Å². The molecule has 1 aromatic heterocycles. The Balaban J connectivity index is 1.33. The fraction of sp³-hybridized carbons (Fsp3) is 0.500. The van der Waals surface area contributed by atoms with Gasteiger partial charge in [-0.3, -0.25) is 4.99 Å². The summed E-state index contributed by atoms with van der Waals surface area (Å²) in [6.07, 6.45) is 3.17. The van der Waals surface area contributed by atoms with Crippen LogP contribution < -0.4 is 10.6 Å². The molecular formula is C18H23BrN6. The molecule has 1 aliphatic heterocycles. The van der Waals surface area contributed by atoms with E-state index in [1.54, 1.807) is 0 Å². The van der Waals surface area contributed by atoms with Crippen LogP contribution in [0.15, 0.2) is 33.7 Å². The number of hydrogen-bond acceptors (Lipinski definition) is 3. The van der Waals surface area contributed by atoms with Gasteiger partial charge in [0.25, 0.3) is 0 Å². The fourth-order valence-electron chi connectivity index (χ4n) is 3.52. The zero-order chi connectivity index (χ0) is 17.4. The van der Waals surface area contributed by atoms with Crippen molar-refractivity contribution in [2.45, 2.75) is 50.7 Å². The first kappa shape index (κ1) is 16.6. The van der Waals surface area contributed by atoms with E-state index in [2.05, 4.69) is 65.9 Å². The van der Waals surface area contributed by atoms with Gasteiger partial charge in [0.05, 0.1) is 6.54 Å². The molecule has 1 saturated carbocycles. The van der Waals surface area contributed by atoms with Crippen molar-refractivity contribution in [1.29, 1.82) is 0 Å². The monoisotopic (exact) mass is 402 g/mol. The number of halogens is 1. The molecule has 6 nitrogen and oxygen atoms in total. The topological polar surface area (TPSA) is 67.1 Å². The first-order valence-electron chi connectivity index (χ1n) is 8.78. The smallest absolute Gasteiger partial charge is 0.191 e. The summed E-state index contributed by atoms with van der Waals surface area (Å²) >= 11 is 3.49. The standard InChI is InChI=1S/C18H23BrN6/c1-11-21-17-8-7-14(10-25(17)24-11)22-18(20-2)23-16-9-15(16)12-3-5-13(19)6-4-12/h3-6,14-16H,7-10H2,1-2H3,(H2,20,22,23). The molecule has 0 radical (unpaired) electrons. The van der Waals surface area contributed by atoms with E-state index in [1.165, 1.54) is 5.56 Å². The lowest BCUT2D eigenvalue weighted by atomic mass is 10.1. The van der Waals surface area contributed by atoms with Crippen molar-refractivity contribution in [2.75, 3.05) is 7.05 Å². The highest BCUT2D eigenvalue weighted by Crippen LogP contribution is 2.41. The van der Waals surface area contributed by atoms with Gasteiger partial charge in [-0.1, -0.05) is 28.1 Å². The fourth-order valence-corrected chi connectivity index (χ4v) is 3.79. The van der Waals surface area contributed by atoms with Gasteiger partial charge in [0, 0.05) is 35.9 Å². The van der Waals surface area contributed by atoms with Crippen LogP contribution in [0.3, 0.4) is 0 Å². The van der Waals surface area contributed by atoms with Crippen LogP contribution in [-0.4, -0.2) is 39.9 Å². The highest BCUT2D eigenvalue weighted by molar-refractivity contribution is 9.10. The van der Waals surface area contributed by atoms with Gasteiger partial charge in [-0.15, -0.1) is 0 Å². The van der Waals surface area contributed by atoms with Crippen LogP contribution >= 0.6 is 15.9 Å². The van der Waals surface area contributed by atoms with E-state index in [0.717, 1.165) is 47.9 Å². The number of aryl methyl sites for hydroxylation is 2. The summed E-state index contributed by atoms with van der Waals surface area (Å²) in [5.74, 6) is 3.40. The van der Waals surface area contributed by atoms with Crippen LogP contribution in [-0.2, 0) is 13.0 Å². The summed E-state index contributed by atoms with van der Waals surface area (Å²) in [6, 6.07) is 9.41. The van der Waals surface area contributed by atoms with Crippen LogP contribution in [0, 0.1) is 6.92 Å². The third-order valence-corrected chi connectivity index (χ3v) is 5.47. The quantitative estimate of drug-likeness (QED) is 0.610. The molecule has 0 bridgehead atoms. The summed E-state index contributed by atoms with van der Waals surface area (Å²) < 4.78 is 3.14. The van der Waals surface area contributed by atoms with Crippen LogP contribution in [0.5, 0.6) is 0 Å². The van der Waals surface area contributed by atoms with Crippen molar-refractivity contribution < 1.29 is 0 Å². The molecule has 0 spiro atoms. The summed E-state index contributed by atoms with van der Waals surface area (Å²) in [7, 11) is 1.83. The molecule has 2 aromatic rings. The number of benzene rings is 1. The summed E-state index contributed by atoms with van der Waals surface area (Å²) in [5.41, 5.74) is 1.39. The number of rotatable bonds is 3. The van der Waals surface area contributed by atoms with Gasteiger partial charge < -0.3 is 10.6 Å². The van der Waals surface area contributed by atoms with E-state index in [4.69, 9.17) is 0 Å². The van der Waals surface area contributed by atoms with E-state index in [1.807, 2.05) is 18.7 Å². The zero-order valence-corrected chi connectivity index (χ0v) is 16.1. The Labute approximate surface area is 156 Å². The van der Waals surface area contributed by atoms with Crippen molar-refractivity contribution in [3.05, 3.63) is 46.0 Å². The normalized spacial score (nSPS) is 25.4. The molecule has 132 valence electrons. The Morgan fingerprint density at radius 2 is 2.08 bits per heavy atom. The van der Waals surface area contributed by atoms with Crippen LogP contribution in [0.1, 0.15) is 36.0 Å². The van der Waals surface area contributed by atoms with Gasteiger partial charge in [-0.05, 0) is 37.5 Å². The molecule has 1 fully saturated rings. The molecule has 3 atom stereocenters. The number of fused-ring (bicyclic) bond motifs is 1. The maximum absolute atomic E-state index is 4.47.